The number of aliphatic hydroxyl groups excluding tert-OH is 1. The molecule has 0 unspecified atom stereocenters. The zero-order chi connectivity index (χ0) is 14.6. The van der Waals surface area contributed by atoms with Crippen molar-refractivity contribution < 1.29 is 27.5 Å². The lowest BCUT2D eigenvalue weighted by atomic mass is 10.1. The van der Waals surface area contributed by atoms with Crippen molar-refractivity contribution in [2.75, 3.05) is 19.7 Å². The molecule has 106 valence electrons. The van der Waals surface area contributed by atoms with Gasteiger partial charge in [0.25, 0.3) is 12.3 Å². The van der Waals surface area contributed by atoms with E-state index in [-0.39, 0.29) is 12.1 Å². The average molecular weight is 279 g/mol. The van der Waals surface area contributed by atoms with Crippen LogP contribution in [0.1, 0.15) is 15.9 Å². The monoisotopic (exact) mass is 279 g/mol. The Labute approximate surface area is 107 Å². The number of amides is 1. The van der Waals surface area contributed by atoms with Crippen molar-refractivity contribution >= 4 is 5.91 Å². The van der Waals surface area contributed by atoms with Crippen molar-refractivity contribution in [3.8, 4) is 0 Å². The number of carbonyl (C=O) groups is 1. The zero-order valence-electron chi connectivity index (χ0n) is 10.2. The van der Waals surface area contributed by atoms with Crippen LogP contribution in [0, 0.1) is 18.6 Å². The summed E-state index contributed by atoms with van der Waals surface area (Å²) in [5.41, 5.74) is -0.459. The van der Waals surface area contributed by atoms with E-state index in [1.54, 1.807) is 0 Å². The minimum Gasteiger partial charge on any atom is -0.395 e. The highest BCUT2D eigenvalue weighted by Crippen LogP contribution is 2.16. The molecule has 0 fully saturated rings. The number of nitrogens with zero attached hydrogens (tertiary/aromatic N) is 1. The fourth-order valence-electron chi connectivity index (χ4n) is 1.55. The molecule has 3 nitrogen and oxygen atoms in total. The normalized spacial score (nSPS) is 10.9. The standard InChI is InChI=1S/C12H13F4NO2/c1-7-4-8(10(14)5-9(7)13)12(19)17(2-3-18)6-11(15)16/h4-5,11,18H,2-3,6H2,1H3. The molecule has 0 atom stereocenters. The summed E-state index contributed by atoms with van der Waals surface area (Å²) in [5.74, 6) is -2.95. The molecule has 0 heterocycles. The van der Waals surface area contributed by atoms with Gasteiger partial charge in [-0.2, -0.15) is 0 Å². The third-order valence-electron chi connectivity index (χ3n) is 2.49. The van der Waals surface area contributed by atoms with Crippen LogP contribution in [0.5, 0.6) is 0 Å². The van der Waals surface area contributed by atoms with Crippen LogP contribution in [-0.2, 0) is 0 Å². The number of alkyl halides is 2. The molecule has 1 aromatic rings. The van der Waals surface area contributed by atoms with E-state index in [9.17, 15) is 22.4 Å². The second-order valence-corrected chi connectivity index (χ2v) is 3.95. The van der Waals surface area contributed by atoms with Gasteiger partial charge in [0.2, 0.25) is 0 Å². The maximum atomic E-state index is 13.5. The molecule has 7 heteroatoms. The lowest BCUT2D eigenvalue weighted by Gasteiger charge is -2.21. The van der Waals surface area contributed by atoms with E-state index in [2.05, 4.69) is 0 Å². The predicted molar refractivity (Wildman–Crippen MR) is 60.1 cm³/mol. The molecule has 0 aliphatic carbocycles. The molecule has 1 amide bonds. The second-order valence-electron chi connectivity index (χ2n) is 3.95. The molecule has 1 aromatic carbocycles. The number of benzene rings is 1. The Balaban J connectivity index is 3.05. The fraction of sp³-hybridized carbons (Fsp3) is 0.417. The summed E-state index contributed by atoms with van der Waals surface area (Å²) >= 11 is 0. The van der Waals surface area contributed by atoms with E-state index in [1.165, 1.54) is 6.92 Å². The maximum absolute atomic E-state index is 13.5. The average Bonchev–Trinajstić information content (AvgIpc) is 2.32. The lowest BCUT2D eigenvalue weighted by Crippen LogP contribution is -2.37. The van der Waals surface area contributed by atoms with Gasteiger partial charge in [0.15, 0.2) is 0 Å². The van der Waals surface area contributed by atoms with Gasteiger partial charge in [0.05, 0.1) is 18.7 Å². The summed E-state index contributed by atoms with van der Waals surface area (Å²) in [6.45, 7) is -0.469. The van der Waals surface area contributed by atoms with Crippen molar-refractivity contribution in [3.63, 3.8) is 0 Å². The van der Waals surface area contributed by atoms with Gasteiger partial charge < -0.3 is 10.0 Å². The number of hydrogen-bond donors (Lipinski definition) is 1. The smallest absolute Gasteiger partial charge is 0.257 e. The molecule has 1 N–H and O–H groups in total. The largest absolute Gasteiger partial charge is 0.395 e. The number of halogens is 4. The number of carbonyl (C=O) groups excluding carboxylic acids is 1. The summed E-state index contributed by atoms with van der Waals surface area (Å²) in [4.78, 5) is 12.5. The Morgan fingerprint density at radius 2 is 1.95 bits per heavy atom. The van der Waals surface area contributed by atoms with E-state index in [1.807, 2.05) is 0 Å². The molecule has 19 heavy (non-hydrogen) atoms. The second kappa shape index (κ2) is 6.51. The molecule has 0 saturated carbocycles. The molecule has 0 radical (unpaired) electrons. The lowest BCUT2D eigenvalue weighted by molar-refractivity contribution is 0.0505. The van der Waals surface area contributed by atoms with Crippen LogP contribution in [0.25, 0.3) is 0 Å². The molecule has 0 aliphatic heterocycles. The van der Waals surface area contributed by atoms with Gasteiger partial charge >= 0.3 is 0 Å². The molecular weight excluding hydrogens is 266 g/mol. The van der Waals surface area contributed by atoms with Gasteiger partial charge in [0, 0.05) is 12.6 Å². The zero-order valence-corrected chi connectivity index (χ0v) is 10.2. The SMILES string of the molecule is Cc1cc(C(=O)N(CCO)CC(F)F)c(F)cc1F. The minimum absolute atomic E-state index is 0.0331. The van der Waals surface area contributed by atoms with Crippen molar-refractivity contribution in [2.24, 2.45) is 0 Å². The Hall–Kier alpha value is -1.63. The van der Waals surface area contributed by atoms with Gasteiger partial charge in [-0.3, -0.25) is 4.79 Å². The van der Waals surface area contributed by atoms with Gasteiger partial charge in [-0.15, -0.1) is 0 Å². The number of aryl methyl sites for hydroxylation is 1. The van der Waals surface area contributed by atoms with Gasteiger partial charge in [-0.05, 0) is 18.6 Å². The molecule has 0 aliphatic rings. The predicted octanol–water partition coefficient (Wildman–Crippen LogP) is 1.97. The summed E-state index contributed by atoms with van der Waals surface area (Å²) < 4.78 is 51.1. The number of hydrogen-bond acceptors (Lipinski definition) is 2. The third kappa shape index (κ3) is 3.92. The first-order valence-corrected chi connectivity index (χ1v) is 5.50. The van der Waals surface area contributed by atoms with Crippen molar-refractivity contribution in [1.82, 2.24) is 4.90 Å². The minimum atomic E-state index is -2.81. The van der Waals surface area contributed by atoms with Crippen LogP contribution in [-0.4, -0.2) is 42.0 Å². The van der Waals surface area contributed by atoms with E-state index in [0.29, 0.717) is 11.0 Å². The van der Waals surface area contributed by atoms with Gasteiger partial charge in [-0.1, -0.05) is 0 Å². The summed E-state index contributed by atoms with van der Waals surface area (Å²) in [6.07, 6.45) is -2.81. The molecular formula is C12H13F4NO2. The van der Waals surface area contributed by atoms with Crippen molar-refractivity contribution in [2.45, 2.75) is 13.3 Å². The molecule has 0 spiro atoms. The quantitative estimate of drug-likeness (QED) is 0.837. The molecule has 0 aromatic heterocycles. The first kappa shape index (κ1) is 15.4. The van der Waals surface area contributed by atoms with Crippen LogP contribution >= 0.6 is 0 Å². The van der Waals surface area contributed by atoms with Crippen LogP contribution in [0.3, 0.4) is 0 Å². The molecule has 1 rings (SSSR count). The van der Waals surface area contributed by atoms with E-state index in [0.717, 1.165) is 6.07 Å². The summed E-state index contributed by atoms with van der Waals surface area (Å²) in [7, 11) is 0. The Morgan fingerprint density at radius 3 is 2.47 bits per heavy atom. The first-order valence-electron chi connectivity index (χ1n) is 5.50. The Morgan fingerprint density at radius 1 is 1.32 bits per heavy atom. The van der Waals surface area contributed by atoms with Gasteiger partial charge in [0.1, 0.15) is 11.6 Å². The molecule has 0 bridgehead atoms. The van der Waals surface area contributed by atoms with Crippen molar-refractivity contribution in [1.29, 1.82) is 0 Å². The van der Waals surface area contributed by atoms with E-state index in [4.69, 9.17) is 5.11 Å². The third-order valence-corrected chi connectivity index (χ3v) is 2.49. The molecule has 0 saturated heterocycles. The van der Waals surface area contributed by atoms with Crippen LogP contribution < -0.4 is 0 Å². The van der Waals surface area contributed by atoms with Crippen molar-refractivity contribution in [3.05, 3.63) is 34.9 Å². The van der Waals surface area contributed by atoms with Crippen LogP contribution in [0.2, 0.25) is 0 Å². The summed E-state index contributed by atoms with van der Waals surface area (Å²) in [5, 5.41) is 8.72. The summed E-state index contributed by atoms with van der Waals surface area (Å²) in [6, 6.07) is 1.49. The van der Waals surface area contributed by atoms with E-state index < -0.39 is 42.7 Å². The topological polar surface area (TPSA) is 40.5 Å². The Bertz CT molecular complexity index is 465. The number of rotatable bonds is 5. The number of aliphatic hydroxyl groups is 1. The first-order chi connectivity index (χ1) is 8.86. The van der Waals surface area contributed by atoms with Gasteiger partial charge in [-0.25, -0.2) is 17.6 Å². The highest BCUT2D eigenvalue weighted by molar-refractivity contribution is 5.94. The van der Waals surface area contributed by atoms with Crippen LogP contribution in [0.15, 0.2) is 12.1 Å². The highest BCUT2D eigenvalue weighted by Gasteiger charge is 2.23. The maximum Gasteiger partial charge on any atom is 0.257 e. The Kier molecular flexibility index (Phi) is 5.29. The highest BCUT2D eigenvalue weighted by atomic mass is 19.3. The van der Waals surface area contributed by atoms with E-state index >= 15 is 0 Å². The van der Waals surface area contributed by atoms with Crippen LogP contribution in [0.4, 0.5) is 17.6 Å². The fourth-order valence-corrected chi connectivity index (χ4v) is 1.55.